The average molecular weight is 266 g/mol. The molecule has 4 heteroatoms. The molecule has 0 aliphatic heterocycles. The molecule has 0 aromatic heterocycles. The van der Waals surface area contributed by atoms with Gasteiger partial charge in [0.05, 0.1) is 6.10 Å². The first-order valence-electron chi connectivity index (χ1n) is 7.96. The summed E-state index contributed by atoms with van der Waals surface area (Å²) in [5.41, 5.74) is 0. The number of aliphatic hydroxyl groups excluding tert-OH is 1. The second-order valence-corrected chi connectivity index (χ2v) is 6.66. The quantitative estimate of drug-likeness (QED) is 0.713. The summed E-state index contributed by atoms with van der Waals surface area (Å²) in [6, 6.07) is 0.296. The molecule has 0 heterocycles. The van der Waals surface area contributed by atoms with E-state index < -0.39 is 0 Å². The zero-order valence-corrected chi connectivity index (χ0v) is 11.6. The molecule has 3 saturated carbocycles. The van der Waals surface area contributed by atoms with Crippen LogP contribution in [-0.4, -0.2) is 29.8 Å². The van der Waals surface area contributed by atoms with Crippen LogP contribution in [0.1, 0.15) is 51.4 Å². The van der Waals surface area contributed by atoms with Crippen molar-refractivity contribution in [2.45, 2.75) is 63.5 Å². The number of hydrogen-bond acceptors (Lipinski definition) is 2. The van der Waals surface area contributed by atoms with Gasteiger partial charge in [0.15, 0.2) is 0 Å². The van der Waals surface area contributed by atoms with Gasteiger partial charge in [0.2, 0.25) is 0 Å². The Labute approximate surface area is 115 Å². The highest BCUT2D eigenvalue weighted by Gasteiger charge is 2.43. The molecule has 108 valence electrons. The standard InChI is InChI=1S/C15H26N2O2/c18-14(11-6-7-11)9-16-15(19)17-13-8-12(13)10-4-2-1-3-5-10/h10-14,18H,1-9H2,(H2,16,17,19)/t12-,13-,14-/m0/s1. The van der Waals surface area contributed by atoms with Crippen LogP contribution in [-0.2, 0) is 0 Å². The predicted molar refractivity (Wildman–Crippen MR) is 73.7 cm³/mol. The van der Waals surface area contributed by atoms with E-state index in [4.69, 9.17) is 0 Å². The van der Waals surface area contributed by atoms with Crippen molar-refractivity contribution in [3.05, 3.63) is 0 Å². The first kappa shape index (κ1) is 13.2. The van der Waals surface area contributed by atoms with Gasteiger partial charge in [0.1, 0.15) is 0 Å². The minimum absolute atomic E-state index is 0.0944. The predicted octanol–water partition coefficient (Wildman–Crippen LogP) is 2.03. The van der Waals surface area contributed by atoms with Crippen LogP contribution in [0.2, 0.25) is 0 Å². The van der Waals surface area contributed by atoms with Crippen molar-refractivity contribution in [1.29, 1.82) is 0 Å². The van der Waals surface area contributed by atoms with Crippen molar-refractivity contribution in [1.82, 2.24) is 10.6 Å². The summed E-state index contributed by atoms with van der Waals surface area (Å²) < 4.78 is 0. The van der Waals surface area contributed by atoms with Gasteiger partial charge in [-0.1, -0.05) is 32.1 Å². The highest BCUT2D eigenvalue weighted by Crippen LogP contribution is 2.44. The zero-order valence-electron chi connectivity index (χ0n) is 11.6. The smallest absolute Gasteiger partial charge is 0.315 e. The van der Waals surface area contributed by atoms with Gasteiger partial charge < -0.3 is 15.7 Å². The van der Waals surface area contributed by atoms with Gasteiger partial charge >= 0.3 is 6.03 Å². The Morgan fingerprint density at radius 1 is 1.16 bits per heavy atom. The van der Waals surface area contributed by atoms with Gasteiger partial charge in [-0.25, -0.2) is 4.79 Å². The minimum atomic E-state index is -0.348. The lowest BCUT2D eigenvalue weighted by Gasteiger charge is -2.21. The zero-order chi connectivity index (χ0) is 13.2. The second kappa shape index (κ2) is 5.70. The maximum Gasteiger partial charge on any atom is 0.315 e. The summed E-state index contributed by atoms with van der Waals surface area (Å²) in [5.74, 6) is 1.99. The fourth-order valence-electron chi connectivity index (χ4n) is 3.53. The lowest BCUT2D eigenvalue weighted by Crippen LogP contribution is -2.41. The van der Waals surface area contributed by atoms with Gasteiger partial charge in [-0.2, -0.15) is 0 Å². The Bertz CT molecular complexity index is 324. The molecule has 4 nitrogen and oxygen atoms in total. The molecule has 3 aliphatic carbocycles. The Balaban J connectivity index is 1.32. The van der Waals surface area contributed by atoms with Crippen LogP contribution >= 0.6 is 0 Å². The van der Waals surface area contributed by atoms with E-state index in [-0.39, 0.29) is 12.1 Å². The third-order valence-corrected chi connectivity index (χ3v) is 5.05. The summed E-state index contributed by atoms with van der Waals surface area (Å²) in [4.78, 5) is 11.7. The van der Waals surface area contributed by atoms with Crippen LogP contribution in [0.3, 0.4) is 0 Å². The number of carbonyl (C=O) groups is 1. The fraction of sp³-hybridized carbons (Fsp3) is 0.933. The molecule has 0 saturated heterocycles. The van der Waals surface area contributed by atoms with Gasteiger partial charge in [-0.15, -0.1) is 0 Å². The van der Waals surface area contributed by atoms with E-state index >= 15 is 0 Å². The van der Waals surface area contributed by atoms with Gasteiger partial charge in [-0.05, 0) is 37.0 Å². The number of carbonyl (C=O) groups excluding carboxylic acids is 1. The van der Waals surface area contributed by atoms with E-state index in [1.165, 1.54) is 32.1 Å². The summed E-state index contributed by atoms with van der Waals surface area (Å²) in [6.07, 6.45) is 9.86. The van der Waals surface area contributed by atoms with Crippen molar-refractivity contribution in [2.24, 2.45) is 17.8 Å². The molecular formula is C15H26N2O2. The third-order valence-electron chi connectivity index (χ3n) is 5.05. The monoisotopic (exact) mass is 266 g/mol. The fourth-order valence-corrected chi connectivity index (χ4v) is 3.53. The third kappa shape index (κ3) is 3.62. The second-order valence-electron chi connectivity index (χ2n) is 6.66. The number of rotatable bonds is 5. The summed E-state index contributed by atoms with van der Waals surface area (Å²) >= 11 is 0. The molecule has 3 atom stereocenters. The van der Waals surface area contributed by atoms with E-state index in [0.29, 0.717) is 18.5 Å². The highest BCUT2D eigenvalue weighted by molar-refractivity contribution is 5.74. The maximum atomic E-state index is 11.7. The van der Waals surface area contributed by atoms with Crippen LogP contribution in [0.15, 0.2) is 0 Å². The lowest BCUT2D eigenvalue weighted by molar-refractivity contribution is 0.149. The first-order chi connectivity index (χ1) is 9.24. The molecule has 19 heavy (non-hydrogen) atoms. The van der Waals surface area contributed by atoms with E-state index in [1.54, 1.807) is 0 Å². The Hall–Kier alpha value is -0.770. The molecule has 3 aliphatic rings. The lowest BCUT2D eigenvalue weighted by atomic mass is 9.85. The molecule has 0 bridgehead atoms. The molecular weight excluding hydrogens is 240 g/mol. The molecule has 0 spiro atoms. The van der Waals surface area contributed by atoms with Crippen LogP contribution in [0, 0.1) is 17.8 Å². The van der Waals surface area contributed by atoms with Gasteiger partial charge in [-0.3, -0.25) is 0 Å². The molecule has 0 aromatic carbocycles. The molecule has 0 aromatic rings. The largest absolute Gasteiger partial charge is 0.391 e. The first-order valence-corrected chi connectivity index (χ1v) is 7.96. The Kier molecular flexibility index (Phi) is 3.96. The average Bonchev–Trinajstić information content (AvgIpc) is 3.30. The summed E-state index contributed by atoms with van der Waals surface area (Å²) in [5, 5.41) is 15.6. The van der Waals surface area contributed by atoms with E-state index in [0.717, 1.165) is 31.1 Å². The molecule has 3 fully saturated rings. The number of aliphatic hydroxyl groups is 1. The van der Waals surface area contributed by atoms with Gasteiger partial charge in [0.25, 0.3) is 0 Å². The number of hydrogen-bond donors (Lipinski definition) is 3. The molecule has 0 unspecified atom stereocenters. The normalized spacial score (nSPS) is 32.7. The van der Waals surface area contributed by atoms with Crippen LogP contribution in [0.25, 0.3) is 0 Å². The number of amides is 2. The molecule has 0 radical (unpaired) electrons. The van der Waals surface area contributed by atoms with Crippen molar-refractivity contribution in [3.63, 3.8) is 0 Å². The Morgan fingerprint density at radius 3 is 2.58 bits per heavy atom. The van der Waals surface area contributed by atoms with Crippen molar-refractivity contribution in [3.8, 4) is 0 Å². The molecule has 2 amide bonds. The van der Waals surface area contributed by atoms with Crippen LogP contribution in [0.4, 0.5) is 4.79 Å². The molecule has 3 N–H and O–H groups in total. The van der Waals surface area contributed by atoms with E-state index in [1.807, 2.05) is 0 Å². The summed E-state index contributed by atoms with van der Waals surface area (Å²) in [6.45, 7) is 0.400. The van der Waals surface area contributed by atoms with Gasteiger partial charge in [0, 0.05) is 12.6 Å². The Morgan fingerprint density at radius 2 is 1.89 bits per heavy atom. The highest BCUT2D eigenvalue weighted by atomic mass is 16.3. The van der Waals surface area contributed by atoms with Crippen LogP contribution < -0.4 is 10.6 Å². The van der Waals surface area contributed by atoms with Crippen molar-refractivity contribution < 1.29 is 9.90 Å². The topological polar surface area (TPSA) is 61.4 Å². The molecule has 3 rings (SSSR count). The van der Waals surface area contributed by atoms with E-state index in [2.05, 4.69) is 10.6 Å². The van der Waals surface area contributed by atoms with Crippen molar-refractivity contribution in [2.75, 3.05) is 6.54 Å². The maximum absolute atomic E-state index is 11.7. The minimum Gasteiger partial charge on any atom is -0.391 e. The van der Waals surface area contributed by atoms with Crippen LogP contribution in [0.5, 0.6) is 0 Å². The van der Waals surface area contributed by atoms with E-state index in [9.17, 15) is 9.90 Å². The van der Waals surface area contributed by atoms with Crippen molar-refractivity contribution >= 4 is 6.03 Å². The number of urea groups is 1. The number of nitrogens with one attached hydrogen (secondary N) is 2. The SMILES string of the molecule is O=C(NC[C@H](O)C1CC1)N[C@H]1C[C@H]1C1CCCCC1. The summed E-state index contributed by atoms with van der Waals surface area (Å²) in [7, 11) is 0.